The SMILES string of the molecule is CCC(C)NC(=O)C(Cc1ccccc1)N(Cc1cccc(Cl)c1)C(=O)Cc1c(F)cccc1Cl. The lowest BCUT2D eigenvalue weighted by Crippen LogP contribution is -2.52. The van der Waals surface area contributed by atoms with E-state index in [9.17, 15) is 14.0 Å². The molecule has 184 valence electrons. The summed E-state index contributed by atoms with van der Waals surface area (Å²) in [7, 11) is 0. The third-order valence-corrected chi connectivity index (χ3v) is 6.49. The molecule has 35 heavy (non-hydrogen) atoms. The van der Waals surface area contributed by atoms with Crippen LogP contribution in [0.3, 0.4) is 0 Å². The first kappa shape index (κ1) is 26.7. The first-order valence-corrected chi connectivity index (χ1v) is 12.3. The van der Waals surface area contributed by atoms with Crippen LogP contribution >= 0.6 is 23.2 Å². The Kier molecular flexibility index (Phi) is 9.70. The van der Waals surface area contributed by atoms with Crippen molar-refractivity contribution in [3.63, 3.8) is 0 Å². The second kappa shape index (κ2) is 12.7. The van der Waals surface area contributed by atoms with Gasteiger partial charge in [-0.25, -0.2) is 4.39 Å². The molecule has 4 nitrogen and oxygen atoms in total. The van der Waals surface area contributed by atoms with Crippen LogP contribution in [0.4, 0.5) is 4.39 Å². The Hall–Kier alpha value is -2.89. The molecule has 1 N–H and O–H groups in total. The van der Waals surface area contributed by atoms with Gasteiger partial charge in [0.15, 0.2) is 0 Å². The molecule has 0 aliphatic carbocycles. The average Bonchev–Trinajstić information content (AvgIpc) is 2.84. The van der Waals surface area contributed by atoms with Crippen LogP contribution in [-0.4, -0.2) is 28.8 Å². The number of nitrogens with one attached hydrogen (secondary N) is 1. The number of benzene rings is 3. The molecule has 0 radical (unpaired) electrons. The zero-order chi connectivity index (χ0) is 25.4. The lowest BCUT2D eigenvalue weighted by molar-refractivity contribution is -0.141. The van der Waals surface area contributed by atoms with E-state index < -0.39 is 17.8 Å². The van der Waals surface area contributed by atoms with Gasteiger partial charge in [-0.15, -0.1) is 0 Å². The Labute approximate surface area is 216 Å². The van der Waals surface area contributed by atoms with Gasteiger partial charge in [0, 0.05) is 34.6 Å². The minimum absolute atomic E-state index is 0.0649. The molecule has 3 rings (SSSR count). The molecule has 0 aromatic heterocycles. The average molecular weight is 515 g/mol. The molecule has 0 fully saturated rings. The number of halogens is 3. The minimum Gasteiger partial charge on any atom is -0.352 e. The Morgan fingerprint density at radius 1 is 0.971 bits per heavy atom. The van der Waals surface area contributed by atoms with Gasteiger partial charge in [0.2, 0.25) is 11.8 Å². The van der Waals surface area contributed by atoms with E-state index in [2.05, 4.69) is 5.32 Å². The number of nitrogens with zero attached hydrogens (tertiary/aromatic N) is 1. The number of amides is 2. The van der Waals surface area contributed by atoms with E-state index in [1.807, 2.05) is 50.2 Å². The summed E-state index contributed by atoms with van der Waals surface area (Å²) in [4.78, 5) is 28.7. The normalized spacial score (nSPS) is 12.6. The summed E-state index contributed by atoms with van der Waals surface area (Å²) < 4.78 is 14.5. The molecule has 0 aliphatic heterocycles. The first-order chi connectivity index (χ1) is 16.8. The van der Waals surface area contributed by atoms with E-state index in [-0.39, 0.29) is 35.5 Å². The van der Waals surface area contributed by atoms with Crippen LogP contribution in [-0.2, 0) is 29.0 Å². The fourth-order valence-corrected chi connectivity index (χ4v) is 4.22. The predicted octanol–water partition coefficient (Wildman–Crippen LogP) is 6.23. The summed E-state index contributed by atoms with van der Waals surface area (Å²) in [6.07, 6.45) is 0.783. The van der Waals surface area contributed by atoms with E-state index in [4.69, 9.17) is 23.2 Å². The van der Waals surface area contributed by atoms with Gasteiger partial charge in [-0.3, -0.25) is 9.59 Å². The summed E-state index contributed by atoms with van der Waals surface area (Å²) in [6, 6.07) is 20.1. The summed E-state index contributed by atoms with van der Waals surface area (Å²) in [5.74, 6) is -1.23. The molecule has 0 bridgehead atoms. The zero-order valence-electron chi connectivity index (χ0n) is 19.8. The van der Waals surface area contributed by atoms with Crippen molar-refractivity contribution in [2.75, 3.05) is 0 Å². The number of hydrogen-bond donors (Lipinski definition) is 1. The first-order valence-electron chi connectivity index (χ1n) is 11.6. The largest absolute Gasteiger partial charge is 0.352 e. The molecule has 0 aliphatic rings. The van der Waals surface area contributed by atoms with Gasteiger partial charge < -0.3 is 10.2 Å². The van der Waals surface area contributed by atoms with E-state index in [0.29, 0.717) is 11.4 Å². The fourth-order valence-electron chi connectivity index (χ4n) is 3.78. The molecule has 0 saturated heterocycles. The quantitative estimate of drug-likeness (QED) is 0.348. The standard InChI is InChI=1S/C28H29Cl2FN2O2/c1-3-19(2)32-28(35)26(16-20-9-5-4-6-10-20)33(18-21-11-7-12-22(29)15-21)27(34)17-23-24(30)13-8-14-25(23)31/h4-15,19,26H,3,16-18H2,1-2H3,(H,32,35). The Balaban J connectivity index is 2.01. The highest BCUT2D eigenvalue weighted by atomic mass is 35.5. The highest BCUT2D eigenvalue weighted by molar-refractivity contribution is 6.31. The van der Waals surface area contributed by atoms with E-state index in [1.165, 1.54) is 17.0 Å². The molecule has 0 heterocycles. The monoisotopic (exact) mass is 514 g/mol. The van der Waals surface area contributed by atoms with Crippen LogP contribution in [0.25, 0.3) is 0 Å². The van der Waals surface area contributed by atoms with Crippen molar-refractivity contribution in [1.29, 1.82) is 0 Å². The van der Waals surface area contributed by atoms with Gasteiger partial charge in [0.05, 0.1) is 6.42 Å². The van der Waals surface area contributed by atoms with Crippen molar-refractivity contribution in [2.45, 2.75) is 51.7 Å². The number of carbonyl (C=O) groups is 2. The Bertz CT molecular complexity index is 1140. The van der Waals surface area contributed by atoms with Gasteiger partial charge >= 0.3 is 0 Å². The highest BCUT2D eigenvalue weighted by Crippen LogP contribution is 2.23. The third-order valence-electron chi connectivity index (χ3n) is 5.90. The maximum Gasteiger partial charge on any atom is 0.243 e. The van der Waals surface area contributed by atoms with Crippen molar-refractivity contribution in [2.24, 2.45) is 0 Å². The fraction of sp³-hybridized carbons (Fsp3) is 0.286. The van der Waals surface area contributed by atoms with Crippen LogP contribution in [0, 0.1) is 5.82 Å². The van der Waals surface area contributed by atoms with Crippen LogP contribution in [0.5, 0.6) is 0 Å². The summed E-state index contributed by atoms with van der Waals surface area (Å²) in [6.45, 7) is 4.03. The van der Waals surface area contributed by atoms with E-state index in [1.54, 1.807) is 24.3 Å². The maximum atomic E-state index is 14.5. The number of hydrogen-bond acceptors (Lipinski definition) is 2. The summed E-state index contributed by atoms with van der Waals surface area (Å²) in [5, 5.41) is 3.70. The lowest BCUT2D eigenvalue weighted by atomic mass is 10.0. The molecule has 2 atom stereocenters. The lowest BCUT2D eigenvalue weighted by Gasteiger charge is -2.32. The molecule has 3 aromatic carbocycles. The molecule has 0 saturated carbocycles. The smallest absolute Gasteiger partial charge is 0.243 e. The molecular formula is C28H29Cl2FN2O2. The third kappa shape index (κ3) is 7.55. The molecule has 2 unspecified atom stereocenters. The Morgan fingerprint density at radius 3 is 2.31 bits per heavy atom. The highest BCUT2D eigenvalue weighted by Gasteiger charge is 2.31. The van der Waals surface area contributed by atoms with E-state index in [0.717, 1.165) is 17.5 Å². The van der Waals surface area contributed by atoms with Gasteiger partial charge in [0.1, 0.15) is 11.9 Å². The maximum absolute atomic E-state index is 14.5. The van der Waals surface area contributed by atoms with Crippen LogP contribution in [0.15, 0.2) is 72.8 Å². The van der Waals surface area contributed by atoms with Crippen LogP contribution in [0.2, 0.25) is 10.0 Å². The van der Waals surface area contributed by atoms with Crippen molar-refractivity contribution in [3.05, 3.63) is 105 Å². The van der Waals surface area contributed by atoms with E-state index >= 15 is 0 Å². The van der Waals surface area contributed by atoms with Gasteiger partial charge in [-0.05, 0) is 48.7 Å². The molecule has 7 heteroatoms. The molecule has 2 amide bonds. The van der Waals surface area contributed by atoms with Crippen molar-refractivity contribution in [1.82, 2.24) is 10.2 Å². The number of rotatable bonds is 10. The van der Waals surface area contributed by atoms with Crippen molar-refractivity contribution in [3.8, 4) is 0 Å². The molecule has 0 spiro atoms. The Morgan fingerprint density at radius 2 is 1.66 bits per heavy atom. The molecular weight excluding hydrogens is 486 g/mol. The van der Waals surface area contributed by atoms with Gasteiger partial charge in [-0.1, -0.05) is 78.7 Å². The van der Waals surface area contributed by atoms with Crippen LogP contribution in [0.1, 0.15) is 37.0 Å². The molecule has 3 aromatic rings. The van der Waals surface area contributed by atoms with Gasteiger partial charge in [0.25, 0.3) is 0 Å². The van der Waals surface area contributed by atoms with Crippen LogP contribution < -0.4 is 5.32 Å². The zero-order valence-corrected chi connectivity index (χ0v) is 21.3. The van der Waals surface area contributed by atoms with Crippen molar-refractivity contribution >= 4 is 35.0 Å². The second-order valence-electron chi connectivity index (χ2n) is 8.55. The number of carbonyl (C=O) groups excluding carboxylic acids is 2. The topological polar surface area (TPSA) is 49.4 Å². The van der Waals surface area contributed by atoms with Crippen molar-refractivity contribution < 1.29 is 14.0 Å². The second-order valence-corrected chi connectivity index (χ2v) is 9.40. The minimum atomic E-state index is -0.816. The summed E-state index contributed by atoms with van der Waals surface area (Å²) >= 11 is 12.4. The van der Waals surface area contributed by atoms with Gasteiger partial charge in [-0.2, -0.15) is 0 Å². The summed E-state index contributed by atoms with van der Waals surface area (Å²) in [5.41, 5.74) is 1.78. The predicted molar refractivity (Wildman–Crippen MR) is 139 cm³/mol.